The molecule has 2 aromatic carbocycles. The number of nitrogens with one attached hydrogen (secondary N) is 1. The smallest absolute Gasteiger partial charge is 0.227 e. The summed E-state index contributed by atoms with van der Waals surface area (Å²) in [5.41, 5.74) is 3.03. The lowest BCUT2D eigenvalue weighted by Crippen LogP contribution is -2.45. The van der Waals surface area contributed by atoms with Crippen molar-refractivity contribution in [2.45, 2.75) is 82.5 Å². The van der Waals surface area contributed by atoms with Crippen LogP contribution in [0.4, 0.5) is 11.6 Å². The van der Waals surface area contributed by atoms with Crippen molar-refractivity contribution in [1.29, 1.82) is 0 Å². The van der Waals surface area contributed by atoms with Crippen LogP contribution < -0.4 is 10.1 Å². The minimum absolute atomic E-state index is 0.0229. The first kappa shape index (κ1) is 29.2. The minimum atomic E-state index is -3.13. The third kappa shape index (κ3) is 7.46. The molecule has 0 radical (unpaired) electrons. The zero-order chi connectivity index (χ0) is 28.4. The van der Waals surface area contributed by atoms with Gasteiger partial charge in [0.15, 0.2) is 23.9 Å². The molecule has 0 unspecified atom stereocenters. The van der Waals surface area contributed by atoms with Crippen molar-refractivity contribution in [3.05, 3.63) is 60.3 Å². The Morgan fingerprint density at radius 2 is 1.79 bits per heavy atom. The lowest BCUT2D eigenvalue weighted by Gasteiger charge is -2.41. The van der Waals surface area contributed by atoms with E-state index < -0.39 is 18.2 Å². The van der Waals surface area contributed by atoms with Gasteiger partial charge in [0, 0.05) is 35.2 Å². The second kappa shape index (κ2) is 11.4. The summed E-state index contributed by atoms with van der Waals surface area (Å²) in [5.74, 6) is 1.11. The maximum atomic E-state index is 11.7. The van der Waals surface area contributed by atoms with Crippen LogP contribution >= 0.6 is 0 Å². The second-order valence-corrected chi connectivity index (χ2v) is 19.0. The Bertz CT molecular complexity index is 1440. The van der Waals surface area contributed by atoms with Gasteiger partial charge in [0.2, 0.25) is 5.95 Å². The molecule has 0 bridgehead atoms. The van der Waals surface area contributed by atoms with Gasteiger partial charge in [-0.25, -0.2) is 18.4 Å². The summed E-state index contributed by atoms with van der Waals surface area (Å²) >= 11 is 0. The Balaban J connectivity index is 1.52. The lowest BCUT2D eigenvalue weighted by molar-refractivity contribution is 0.0731. The van der Waals surface area contributed by atoms with E-state index in [2.05, 4.69) is 50.7 Å². The molecule has 1 aliphatic rings. The monoisotopic (exact) mass is 567 g/mol. The molecular weight excluding hydrogens is 527 g/mol. The molecule has 0 spiro atoms. The van der Waals surface area contributed by atoms with Crippen LogP contribution in [0.15, 0.2) is 49.2 Å². The molecule has 1 fully saturated rings. The Morgan fingerprint density at radius 3 is 2.44 bits per heavy atom. The predicted octanol–water partition coefficient (Wildman–Crippen LogP) is 7.27. The van der Waals surface area contributed by atoms with E-state index in [0.717, 1.165) is 47.8 Å². The van der Waals surface area contributed by atoms with Crippen LogP contribution in [0.25, 0.3) is 17.0 Å². The first-order valence-electron chi connectivity index (χ1n) is 13.5. The molecule has 1 N–H and O–H groups in total. The van der Waals surface area contributed by atoms with Gasteiger partial charge in [-0.05, 0) is 61.5 Å². The van der Waals surface area contributed by atoms with Gasteiger partial charge >= 0.3 is 0 Å². The van der Waals surface area contributed by atoms with Gasteiger partial charge in [-0.3, -0.25) is 0 Å². The van der Waals surface area contributed by atoms with Gasteiger partial charge < -0.3 is 14.5 Å². The molecule has 3 aromatic rings. The average molecular weight is 568 g/mol. The summed E-state index contributed by atoms with van der Waals surface area (Å²) < 4.78 is 36.7. The molecular formula is C30H41N3O4SSi. The fourth-order valence-corrected chi connectivity index (χ4v) is 6.84. The number of benzene rings is 2. The van der Waals surface area contributed by atoms with Crippen LogP contribution in [0.2, 0.25) is 18.1 Å². The van der Waals surface area contributed by atoms with E-state index in [1.54, 1.807) is 24.4 Å². The Hall–Kier alpha value is -2.75. The molecule has 0 atom stereocenters. The van der Waals surface area contributed by atoms with Gasteiger partial charge in [-0.15, -0.1) is 0 Å². The van der Waals surface area contributed by atoms with E-state index in [1.165, 1.54) is 6.26 Å². The van der Waals surface area contributed by atoms with Crippen LogP contribution in [0.1, 0.15) is 57.6 Å². The third-order valence-electron chi connectivity index (χ3n) is 7.74. The molecule has 0 saturated heterocycles. The number of fused-ring (bicyclic) bond motifs is 1. The lowest BCUT2D eigenvalue weighted by atomic mass is 9.95. The Kier molecular flexibility index (Phi) is 8.54. The van der Waals surface area contributed by atoms with Crippen molar-refractivity contribution in [1.82, 2.24) is 9.97 Å². The normalized spacial score (nSPS) is 18.6. The highest BCUT2D eigenvalue weighted by molar-refractivity contribution is 7.89. The van der Waals surface area contributed by atoms with E-state index in [4.69, 9.17) is 14.1 Å². The first-order valence-corrected chi connectivity index (χ1v) is 18.5. The fraction of sp³-hybridized carbons (Fsp3) is 0.467. The number of hydrogen-bond acceptors (Lipinski definition) is 7. The van der Waals surface area contributed by atoms with Crippen LogP contribution in [0.3, 0.4) is 0 Å². The van der Waals surface area contributed by atoms with Crippen molar-refractivity contribution >= 4 is 46.8 Å². The summed E-state index contributed by atoms with van der Waals surface area (Å²) in [5, 5.41) is 4.29. The summed E-state index contributed by atoms with van der Waals surface area (Å²) in [6, 6.07) is 11.2. The number of nitrogens with zero attached hydrogens (tertiary/aromatic N) is 2. The Morgan fingerprint density at radius 1 is 1.10 bits per heavy atom. The van der Waals surface area contributed by atoms with Gasteiger partial charge in [0.25, 0.3) is 0 Å². The van der Waals surface area contributed by atoms with Crippen molar-refractivity contribution in [3.63, 3.8) is 0 Å². The first-order chi connectivity index (χ1) is 18.2. The molecule has 4 rings (SSSR count). The molecule has 1 heterocycles. The van der Waals surface area contributed by atoms with Crippen molar-refractivity contribution < 1.29 is 17.6 Å². The molecule has 9 heteroatoms. The maximum absolute atomic E-state index is 11.7. The fourth-order valence-electron chi connectivity index (χ4n) is 4.63. The minimum Gasteiger partial charge on any atom is -0.488 e. The Labute approximate surface area is 234 Å². The zero-order valence-electron chi connectivity index (χ0n) is 24.0. The van der Waals surface area contributed by atoms with Crippen molar-refractivity contribution in [2.24, 2.45) is 0 Å². The van der Waals surface area contributed by atoms with E-state index in [1.807, 2.05) is 24.3 Å². The topological polar surface area (TPSA) is 90.4 Å². The number of aromatic nitrogens is 2. The van der Waals surface area contributed by atoms with Crippen molar-refractivity contribution in [2.75, 3.05) is 11.6 Å². The number of anilines is 2. The number of hydrogen-bond donors (Lipinski definition) is 1. The third-order valence-corrected chi connectivity index (χ3v) is 13.1. The van der Waals surface area contributed by atoms with Gasteiger partial charge in [0.05, 0.1) is 11.9 Å². The standard InChI is InChI=1S/C30H41N3O4SSi/c1-8-22-12-13-23-19-31-29(32-24-11-9-10-21(18-24)20-38(5,34)35)33-27(23)28(22)36-25-14-16-26(17-15-25)37-39(6,7)30(2,3)4/h8-13,18-19,25-26H,1,14-17,20H2,2-7H3,(H,31,32,33). The van der Waals surface area contributed by atoms with Crippen LogP contribution in [-0.2, 0) is 20.0 Å². The molecule has 0 amide bonds. The average Bonchev–Trinajstić information content (AvgIpc) is 2.84. The summed E-state index contributed by atoms with van der Waals surface area (Å²) in [6.07, 6.45) is 8.98. The highest BCUT2D eigenvalue weighted by Crippen LogP contribution is 2.40. The number of rotatable bonds is 9. The molecule has 1 aromatic heterocycles. The summed E-state index contributed by atoms with van der Waals surface area (Å²) in [7, 11) is -4.93. The maximum Gasteiger partial charge on any atom is 0.227 e. The van der Waals surface area contributed by atoms with E-state index in [9.17, 15) is 8.42 Å². The molecule has 39 heavy (non-hydrogen) atoms. The SMILES string of the molecule is C=Cc1ccc2cnc(Nc3cccc(CS(C)(=O)=O)c3)nc2c1OC1CCC(O[Si](C)(C)C(C)(C)C)CC1. The van der Waals surface area contributed by atoms with Gasteiger partial charge in [0.1, 0.15) is 5.52 Å². The molecule has 1 saturated carbocycles. The predicted molar refractivity (Wildman–Crippen MR) is 163 cm³/mol. The summed E-state index contributed by atoms with van der Waals surface area (Å²) in [4.78, 5) is 9.29. The van der Waals surface area contributed by atoms with Crippen LogP contribution in [0.5, 0.6) is 5.75 Å². The van der Waals surface area contributed by atoms with Gasteiger partial charge in [-0.2, -0.15) is 0 Å². The quantitative estimate of drug-likeness (QED) is 0.272. The highest BCUT2D eigenvalue weighted by Gasteiger charge is 2.40. The van der Waals surface area contributed by atoms with E-state index in [-0.39, 0.29) is 23.0 Å². The van der Waals surface area contributed by atoms with E-state index >= 15 is 0 Å². The zero-order valence-corrected chi connectivity index (χ0v) is 25.8. The number of ether oxygens (including phenoxy) is 1. The largest absolute Gasteiger partial charge is 0.488 e. The van der Waals surface area contributed by atoms with Gasteiger partial charge in [-0.1, -0.05) is 57.7 Å². The second-order valence-electron chi connectivity index (χ2n) is 12.1. The van der Waals surface area contributed by atoms with Crippen LogP contribution in [-0.4, -0.2) is 45.2 Å². The highest BCUT2D eigenvalue weighted by atomic mass is 32.2. The van der Waals surface area contributed by atoms with Crippen LogP contribution in [0, 0.1) is 0 Å². The van der Waals surface area contributed by atoms with E-state index in [0.29, 0.717) is 17.3 Å². The molecule has 210 valence electrons. The molecule has 1 aliphatic carbocycles. The van der Waals surface area contributed by atoms with Crippen molar-refractivity contribution in [3.8, 4) is 5.75 Å². The molecule has 0 aliphatic heterocycles. The molecule has 7 nitrogen and oxygen atoms in total. The number of sulfone groups is 1. The summed E-state index contributed by atoms with van der Waals surface area (Å²) in [6.45, 7) is 15.5.